The molecular formula is C14H23N3O. The van der Waals surface area contributed by atoms with Crippen LogP contribution in [0.2, 0.25) is 0 Å². The predicted octanol–water partition coefficient (Wildman–Crippen LogP) is 1.67. The third kappa shape index (κ3) is 2.82. The van der Waals surface area contributed by atoms with Gasteiger partial charge >= 0.3 is 0 Å². The molecule has 100 valence electrons. The van der Waals surface area contributed by atoms with E-state index in [-0.39, 0.29) is 0 Å². The molecule has 1 saturated heterocycles. The van der Waals surface area contributed by atoms with Crippen molar-refractivity contribution in [3.8, 4) is 0 Å². The van der Waals surface area contributed by atoms with Crippen LogP contribution in [-0.2, 0) is 0 Å². The highest BCUT2D eigenvalue weighted by Gasteiger charge is 2.24. The van der Waals surface area contributed by atoms with Crippen LogP contribution in [0.1, 0.15) is 31.4 Å². The number of pyridine rings is 1. The van der Waals surface area contributed by atoms with Crippen molar-refractivity contribution in [1.29, 1.82) is 0 Å². The first-order valence-electron chi connectivity index (χ1n) is 6.64. The van der Waals surface area contributed by atoms with Crippen LogP contribution in [-0.4, -0.2) is 48.2 Å². The van der Waals surface area contributed by atoms with Gasteiger partial charge in [-0.1, -0.05) is 6.07 Å². The van der Waals surface area contributed by atoms with Crippen LogP contribution in [0.25, 0.3) is 0 Å². The summed E-state index contributed by atoms with van der Waals surface area (Å²) in [5.74, 6) is 0.910. The third-order valence-corrected chi connectivity index (χ3v) is 3.75. The molecule has 0 aromatic carbocycles. The van der Waals surface area contributed by atoms with E-state index in [2.05, 4.69) is 28.9 Å². The molecule has 4 nitrogen and oxygen atoms in total. The lowest BCUT2D eigenvalue weighted by Crippen LogP contribution is -2.45. The van der Waals surface area contributed by atoms with Gasteiger partial charge in [-0.2, -0.15) is 0 Å². The van der Waals surface area contributed by atoms with Gasteiger partial charge in [0.1, 0.15) is 5.82 Å². The Morgan fingerprint density at radius 1 is 1.56 bits per heavy atom. The number of aliphatic hydroxyl groups is 1. The number of likely N-dealkylation sites (N-methyl/N-ethyl adjacent to an activating group) is 2. The van der Waals surface area contributed by atoms with Gasteiger partial charge in [0.25, 0.3) is 0 Å². The maximum atomic E-state index is 9.83. The smallest absolute Gasteiger partial charge is 0.134 e. The van der Waals surface area contributed by atoms with Gasteiger partial charge in [-0.25, -0.2) is 4.98 Å². The monoisotopic (exact) mass is 249 g/mol. The Hall–Kier alpha value is -1.13. The van der Waals surface area contributed by atoms with E-state index < -0.39 is 6.10 Å². The Labute approximate surface area is 109 Å². The summed E-state index contributed by atoms with van der Waals surface area (Å²) in [5.41, 5.74) is 0.910. The zero-order valence-corrected chi connectivity index (χ0v) is 11.5. The van der Waals surface area contributed by atoms with Crippen LogP contribution >= 0.6 is 0 Å². The van der Waals surface area contributed by atoms with Crippen LogP contribution in [0, 0.1) is 0 Å². The summed E-state index contributed by atoms with van der Waals surface area (Å²) in [5, 5.41) is 9.83. The lowest BCUT2D eigenvalue weighted by Gasteiger charge is -2.37. The van der Waals surface area contributed by atoms with Gasteiger partial charge in [-0.3, -0.25) is 0 Å². The number of aliphatic hydroxyl groups excluding tert-OH is 1. The Kier molecular flexibility index (Phi) is 4.19. The molecule has 2 rings (SSSR count). The fraction of sp³-hybridized carbons (Fsp3) is 0.643. The van der Waals surface area contributed by atoms with E-state index in [0.29, 0.717) is 6.04 Å². The minimum atomic E-state index is -0.475. The van der Waals surface area contributed by atoms with Gasteiger partial charge in [0.2, 0.25) is 0 Å². The predicted molar refractivity (Wildman–Crippen MR) is 73.8 cm³/mol. The highest BCUT2D eigenvalue weighted by Crippen LogP contribution is 2.26. The van der Waals surface area contributed by atoms with Crippen molar-refractivity contribution >= 4 is 5.82 Å². The van der Waals surface area contributed by atoms with Crippen molar-refractivity contribution in [3.05, 3.63) is 23.9 Å². The topological polar surface area (TPSA) is 39.6 Å². The maximum Gasteiger partial charge on any atom is 0.134 e. The van der Waals surface area contributed by atoms with Gasteiger partial charge in [0, 0.05) is 31.4 Å². The van der Waals surface area contributed by atoms with E-state index in [9.17, 15) is 5.11 Å². The number of hydrogen-bond acceptors (Lipinski definition) is 4. The Bertz CT molecular complexity index is 394. The molecule has 1 N–H and O–H groups in total. The van der Waals surface area contributed by atoms with Crippen molar-refractivity contribution < 1.29 is 5.11 Å². The van der Waals surface area contributed by atoms with Crippen molar-refractivity contribution in [3.63, 3.8) is 0 Å². The molecular weight excluding hydrogens is 226 g/mol. The molecule has 0 radical (unpaired) electrons. The third-order valence-electron chi connectivity index (χ3n) is 3.75. The van der Waals surface area contributed by atoms with Crippen LogP contribution < -0.4 is 4.90 Å². The number of piperidine rings is 1. The number of rotatable bonds is 3. The second kappa shape index (κ2) is 5.67. The van der Waals surface area contributed by atoms with Crippen molar-refractivity contribution in [2.75, 3.05) is 32.1 Å². The minimum absolute atomic E-state index is 0.475. The van der Waals surface area contributed by atoms with Crippen molar-refractivity contribution in [2.24, 2.45) is 0 Å². The first-order valence-corrected chi connectivity index (χ1v) is 6.64. The second-order valence-electron chi connectivity index (χ2n) is 5.26. The summed E-state index contributed by atoms with van der Waals surface area (Å²) in [4.78, 5) is 9.02. The summed E-state index contributed by atoms with van der Waals surface area (Å²) in [6.45, 7) is 4.03. The van der Waals surface area contributed by atoms with Crippen LogP contribution in [0.15, 0.2) is 18.3 Å². The van der Waals surface area contributed by atoms with Gasteiger partial charge < -0.3 is 14.9 Å². The first kappa shape index (κ1) is 13.3. The molecule has 2 atom stereocenters. The number of anilines is 1. The van der Waals surface area contributed by atoms with Crippen molar-refractivity contribution in [1.82, 2.24) is 9.88 Å². The molecule has 1 unspecified atom stereocenters. The first-order chi connectivity index (χ1) is 8.59. The Morgan fingerprint density at radius 3 is 3.00 bits per heavy atom. The molecule has 4 heteroatoms. The van der Waals surface area contributed by atoms with Gasteiger partial charge in [0.15, 0.2) is 0 Å². The molecule has 0 saturated carbocycles. The molecule has 1 fully saturated rings. The molecule has 0 amide bonds. The quantitative estimate of drug-likeness (QED) is 0.884. The SMILES string of the molecule is C[C@H](O)c1cccnc1N(C)C1CCCN(C)C1. The van der Waals surface area contributed by atoms with E-state index >= 15 is 0 Å². The number of nitrogens with zero attached hydrogens (tertiary/aromatic N) is 3. The molecule has 1 aromatic heterocycles. The zero-order valence-electron chi connectivity index (χ0n) is 11.5. The highest BCUT2D eigenvalue weighted by molar-refractivity contribution is 5.48. The number of aromatic nitrogens is 1. The van der Waals surface area contributed by atoms with Crippen LogP contribution in [0.4, 0.5) is 5.82 Å². The van der Waals surface area contributed by atoms with E-state index in [1.54, 1.807) is 13.1 Å². The normalized spacial score (nSPS) is 22.8. The number of likely N-dealkylation sites (tertiary alicyclic amines) is 1. The summed E-state index contributed by atoms with van der Waals surface area (Å²) < 4.78 is 0. The van der Waals surface area contributed by atoms with Crippen molar-refractivity contribution in [2.45, 2.75) is 31.9 Å². The summed E-state index contributed by atoms with van der Waals surface area (Å²) >= 11 is 0. The fourth-order valence-corrected chi connectivity index (χ4v) is 2.66. The van der Waals surface area contributed by atoms with E-state index in [4.69, 9.17) is 0 Å². The second-order valence-corrected chi connectivity index (χ2v) is 5.26. The Balaban J connectivity index is 2.19. The maximum absolute atomic E-state index is 9.83. The average molecular weight is 249 g/mol. The fourth-order valence-electron chi connectivity index (χ4n) is 2.66. The lowest BCUT2D eigenvalue weighted by atomic mass is 10.0. The molecule has 1 aliphatic heterocycles. The standard InChI is InChI=1S/C14H23N3O/c1-11(18)13-7-4-8-15-14(13)17(3)12-6-5-9-16(2)10-12/h4,7-8,11-12,18H,5-6,9-10H2,1-3H3/t11-,12?/m0/s1. The minimum Gasteiger partial charge on any atom is -0.389 e. The summed E-state index contributed by atoms with van der Waals surface area (Å²) in [6, 6.07) is 4.32. The lowest BCUT2D eigenvalue weighted by molar-refractivity contribution is 0.198. The molecule has 0 aliphatic carbocycles. The number of hydrogen-bond donors (Lipinski definition) is 1. The Morgan fingerprint density at radius 2 is 2.33 bits per heavy atom. The van der Waals surface area contributed by atoms with Crippen LogP contribution in [0.3, 0.4) is 0 Å². The van der Waals surface area contributed by atoms with E-state index in [1.165, 1.54) is 19.4 Å². The molecule has 1 aliphatic rings. The largest absolute Gasteiger partial charge is 0.389 e. The average Bonchev–Trinajstić information content (AvgIpc) is 2.38. The van der Waals surface area contributed by atoms with Crippen LogP contribution in [0.5, 0.6) is 0 Å². The van der Waals surface area contributed by atoms with E-state index in [1.807, 2.05) is 12.1 Å². The van der Waals surface area contributed by atoms with Gasteiger partial charge in [-0.05, 0) is 39.4 Å². The molecule has 2 heterocycles. The van der Waals surface area contributed by atoms with E-state index in [0.717, 1.165) is 17.9 Å². The zero-order chi connectivity index (χ0) is 13.1. The molecule has 0 bridgehead atoms. The molecule has 18 heavy (non-hydrogen) atoms. The molecule has 0 spiro atoms. The summed E-state index contributed by atoms with van der Waals surface area (Å²) in [7, 11) is 4.24. The summed E-state index contributed by atoms with van der Waals surface area (Å²) in [6.07, 6.45) is 3.74. The van der Waals surface area contributed by atoms with Gasteiger partial charge in [-0.15, -0.1) is 0 Å². The highest BCUT2D eigenvalue weighted by atomic mass is 16.3. The molecule has 1 aromatic rings. The van der Waals surface area contributed by atoms with Gasteiger partial charge in [0.05, 0.1) is 6.10 Å².